The molecule has 5 nitrogen and oxygen atoms in total. The third-order valence-corrected chi connectivity index (χ3v) is 7.83. The Morgan fingerprint density at radius 1 is 0.550 bits per heavy atom. The van der Waals surface area contributed by atoms with Crippen LogP contribution < -0.4 is 0 Å². The van der Waals surface area contributed by atoms with Crippen LogP contribution in [0.4, 0.5) is 0 Å². The van der Waals surface area contributed by atoms with E-state index in [4.69, 9.17) is 9.47 Å². The number of carbonyl (C=O) groups excluding carboxylic acids is 2. The standard InChI is InChI=1S/C35H68O5/c1-4-5-6-21-26-29-35(38)40-33(30-36)31-39-34(37)28-25-23-20-18-16-14-12-10-8-7-9-11-13-15-17-19-22-24-27-32(2)3/h32-33,36H,4-31H2,1-3H3/t33-/m0/s1. The van der Waals surface area contributed by atoms with Crippen LogP contribution in [0.5, 0.6) is 0 Å². The molecule has 0 heterocycles. The second-order valence-electron chi connectivity index (χ2n) is 12.4. The van der Waals surface area contributed by atoms with Crippen molar-refractivity contribution in [3.05, 3.63) is 0 Å². The van der Waals surface area contributed by atoms with Crippen molar-refractivity contribution in [3.8, 4) is 0 Å². The highest BCUT2D eigenvalue weighted by atomic mass is 16.6. The molecule has 1 N–H and O–H groups in total. The van der Waals surface area contributed by atoms with E-state index in [1.54, 1.807) is 0 Å². The topological polar surface area (TPSA) is 72.8 Å². The van der Waals surface area contributed by atoms with Gasteiger partial charge in [-0.1, -0.05) is 162 Å². The Balaban J connectivity index is 3.40. The minimum atomic E-state index is -0.758. The summed E-state index contributed by atoms with van der Waals surface area (Å²) in [4.78, 5) is 23.9. The quantitative estimate of drug-likeness (QED) is 0.0665. The molecule has 0 saturated carbocycles. The average molecular weight is 569 g/mol. The minimum Gasteiger partial charge on any atom is -0.462 e. The monoisotopic (exact) mass is 569 g/mol. The smallest absolute Gasteiger partial charge is 0.306 e. The Morgan fingerprint density at radius 2 is 0.925 bits per heavy atom. The van der Waals surface area contributed by atoms with Gasteiger partial charge in [-0.05, 0) is 18.8 Å². The van der Waals surface area contributed by atoms with E-state index in [2.05, 4.69) is 20.8 Å². The van der Waals surface area contributed by atoms with Gasteiger partial charge in [0.05, 0.1) is 6.61 Å². The van der Waals surface area contributed by atoms with Crippen molar-refractivity contribution < 1.29 is 24.2 Å². The zero-order valence-electron chi connectivity index (χ0n) is 27.0. The van der Waals surface area contributed by atoms with E-state index in [1.807, 2.05) is 0 Å². The number of carbonyl (C=O) groups is 2. The van der Waals surface area contributed by atoms with Gasteiger partial charge in [-0.25, -0.2) is 0 Å². The van der Waals surface area contributed by atoms with Crippen molar-refractivity contribution in [2.24, 2.45) is 5.92 Å². The van der Waals surface area contributed by atoms with E-state index < -0.39 is 6.10 Å². The normalized spacial score (nSPS) is 12.1. The van der Waals surface area contributed by atoms with Crippen molar-refractivity contribution in [2.75, 3.05) is 13.2 Å². The van der Waals surface area contributed by atoms with E-state index in [1.165, 1.54) is 122 Å². The molecule has 0 bridgehead atoms. The summed E-state index contributed by atoms with van der Waals surface area (Å²) >= 11 is 0. The van der Waals surface area contributed by atoms with Crippen molar-refractivity contribution in [3.63, 3.8) is 0 Å². The average Bonchev–Trinajstić information content (AvgIpc) is 2.93. The molecule has 0 saturated heterocycles. The second-order valence-corrected chi connectivity index (χ2v) is 12.4. The molecule has 0 aromatic carbocycles. The maximum absolute atomic E-state index is 12.0. The first-order valence-corrected chi connectivity index (χ1v) is 17.5. The molecule has 40 heavy (non-hydrogen) atoms. The third-order valence-electron chi connectivity index (χ3n) is 7.83. The summed E-state index contributed by atoms with van der Waals surface area (Å²) in [7, 11) is 0. The van der Waals surface area contributed by atoms with Gasteiger partial charge in [0.2, 0.25) is 0 Å². The summed E-state index contributed by atoms with van der Waals surface area (Å²) in [6.07, 6.45) is 30.6. The van der Waals surface area contributed by atoms with Gasteiger partial charge in [0.1, 0.15) is 6.61 Å². The summed E-state index contributed by atoms with van der Waals surface area (Å²) in [5.74, 6) is 0.270. The fourth-order valence-electron chi connectivity index (χ4n) is 5.15. The molecule has 0 aliphatic heterocycles. The number of esters is 2. The SMILES string of the molecule is CCCCCCCC(=O)O[C@@H](CO)COC(=O)CCCCCCCCCCCCCCCCCCCCC(C)C. The lowest BCUT2D eigenvalue weighted by molar-refractivity contribution is -0.161. The predicted octanol–water partition coefficient (Wildman–Crippen LogP) is 10.3. The lowest BCUT2D eigenvalue weighted by Crippen LogP contribution is -2.28. The summed E-state index contributed by atoms with van der Waals surface area (Å²) in [6, 6.07) is 0. The van der Waals surface area contributed by atoms with Crippen LogP contribution in [0.1, 0.15) is 188 Å². The first-order chi connectivity index (χ1) is 19.5. The van der Waals surface area contributed by atoms with Gasteiger partial charge in [0.25, 0.3) is 0 Å². The molecule has 0 amide bonds. The molecule has 238 valence electrons. The fourth-order valence-corrected chi connectivity index (χ4v) is 5.15. The number of hydrogen-bond acceptors (Lipinski definition) is 5. The van der Waals surface area contributed by atoms with E-state index in [0.29, 0.717) is 12.8 Å². The second kappa shape index (κ2) is 30.8. The summed E-state index contributed by atoms with van der Waals surface area (Å²) in [5, 5.41) is 9.42. The third kappa shape index (κ3) is 29.9. The zero-order chi connectivity index (χ0) is 29.5. The van der Waals surface area contributed by atoms with Gasteiger partial charge in [0.15, 0.2) is 6.10 Å². The maximum Gasteiger partial charge on any atom is 0.306 e. The van der Waals surface area contributed by atoms with Crippen LogP contribution in [0.15, 0.2) is 0 Å². The largest absolute Gasteiger partial charge is 0.462 e. The van der Waals surface area contributed by atoms with E-state index >= 15 is 0 Å². The highest BCUT2D eigenvalue weighted by Crippen LogP contribution is 2.16. The van der Waals surface area contributed by atoms with Crippen LogP contribution in [0.3, 0.4) is 0 Å². The van der Waals surface area contributed by atoms with Crippen LogP contribution >= 0.6 is 0 Å². The van der Waals surface area contributed by atoms with Crippen molar-refractivity contribution >= 4 is 11.9 Å². The number of aliphatic hydroxyl groups excluding tert-OH is 1. The summed E-state index contributed by atoms with van der Waals surface area (Å²) in [5.41, 5.74) is 0. The highest BCUT2D eigenvalue weighted by molar-refractivity contribution is 5.70. The Hall–Kier alpha value is -1.10. The number of rotatable bonds is 31. The van der Waals surface area contributed by atoms with Crippen molar-refractivity contribution in [1.29, 1.82) is 0 Å². The highest BCUT2D eigenvalue weighted by Gasteiger charge is 2.16. The lowest BCUT2D eigenvalue weighted by atomic mass is 10.0. The molecule has 5 heteroatoms. The summed E-state index contributed by atoms with van der Waals surface area (Å²) in [6.45, 7) is 6.42. The lowest BCUT2D eigenvalue weighted by Gasteiger charge is -2.15. The molecule has 0 aliphatic rings. The zero-order valence-corrected chi connectivity index (χ0v) is 27.0. The Kier molecular flexibility index (Phi) is 30.0. The van der Waals surface area contributed by atoms with Gasteiger partial charge in [-0.3, -0.25) is 9.59 Å². The van der Waals surface area contributed by atoms with E-state index in [0.717, 1.165) is 38.0 Å². The molecule has 0 aromatic heterocycles. The minimum absolute atomic E-state index is 0.0599. The van der Waals surface area contributed by atoms with Crippen molar-refractivity contribution in [1.82, 2.24) is 0 Å². The number of unbranched alkanes of at least 4 members (excludes halogenated alkanes) is 21. The Morgan fingerprint density at radius 3 is 1.32 bits per heavy atom. The Labute approximate surface area is 248 Å². The first kappa shape index (κ1) is 38.9. The molecule has 0 unspecified atom stereocenters. The molecular weight excluding hydrogens is 500 g/mol. The van der Waals surface area contributed by atoms with Gasteiger partial charge >= 0.3 is 11.9 Å². The van der Waals surface area contributed by atoms with Gasteiger partial charge in [0, 0.05) is 12.8 Å². The molecular formula is C35H68O5. The summed E-state index contributed by atoms with van der Waals surface area (Å²) < 4.78 is 10.5. The van der Waals surface area contributed by atoms with Gasteiger partial charge < -0.3 is 14.6 Å². The van der Waals surface area contributed by atoms with Crippen LogP contribution in [-0.2, 0) is 19.1 Å². The van der Waals surface area contributed by atoms with E-state index in [9.17, 15) is 14.7 Å². The van der Waals surface area contributed by atoms with Gasteiger partial charge in [-0.2, -0.15) is 0 Å². The van der Waals surface area contributed by atoms with Gasteiger partial charge in [-0.15, -0.1) is 0 Å². The van der Waals surface area contributed by atoms with Crippen LogP contribution in [-0.4, -0.2) is 36.4 Å². The predicted molar refractivity (Wildman–Crippen MR) is 168 cm³/mol. The molecule has 0 spiro atoms. The maximum atomic E-state index is 12.0. The molecule has 1 atom stereocenters. The number of aliphatic hydroxyl groups is 1. The van der Waals surface area contributed by atoms with Crippen LogP contribution in [0, 0.1) is 5.92 Å². The molecule has 0 aliphatic carbocycles. The molecule has 0 radical (unpaired) electrons. The first-order valence-electron chi connectivity index (χ1n) is 17.5. The fraction of sp³-hybridized carbons (Fsp3) is 0.943. The molecule has 0 rings (SSSR count). The number of ether oxygens (including phenoxy) is 2. The molecule has 0 aromatic rings. The van der Waals surface area contributed by atoms with Crippen molar-refractivity contribution in [2.45, 2.75) is 194 Å². The van der Waals surface area contributed by atoms with Crippen LogP contribution in [0.25, 0.3) is 0 Å². The Bertz CT molecular complexity index is 548. The number of hydrogen-bond donors (Lipinski definition) is 1. The molecule has 0 fully saturated rings. The van der Waals surface area contributed by atoms with E-state index in [-0.39, 0.29) is 25.2 Å². The van der Waals surface area contributed by atoms with Crippen LogP contribution in [0.2, 0.25) is 0 Å².